The van der Waals surface area contributed by atoms with Crippen LogP contribution >= 0.6 is 0 Å². The summed E-state index contributed by atoms with van der Waals surface area (Å²) in [6, 6.07) is 6.84. The smallest absolute Gasteiger partial charge is 0.276 e. The molecule has 0 atom stereocenters. The minimum atomic E-state index is -4.04. The Morgan fingerprint density at radius 2 is 1.91 bits per heavy atom. The van der Waals surface area contributed by atoms with Gasteiger partial charge < -0.3 is 10.1 Å². The van der Waals surface area contributed by atoms with E-state index < -0.39 is 15.9 Å². The molecule has 2 N–H and O–H groups in total. The number of fused-ring (bicyclic) bond motifs is 1. The van der Waals surface area contributed by atoms with E-state index in [0.29, 0.717) is 11.4 Å². The maximum Gasteiger partial charge on any atom is 0.276 e. The second kappa shape index (κ2) is 8.27. The molecule has 1 aromatic carbocycles. The molecule has 4 rings (SSSR count). The number of ether oxygens (including phenoxy) is 1. The van der Waals surface area contributed by atoms with E-state index in [1.165, 1.54) is 19.4 Å². The van der Waals surface area contributed by atoms with Crippen molar-refractivity contribution in [2.45, 2.75) is 38.0 Å². The lowest BCUT2D eigenvalue weighted by molar-refractivity contribution is 0.102. The molecule has 0 spiro atoms. The molecule has 10 heteroatoms. The van der Waals surface area contributed by atoms with Crippen LogP contribution in [-0.4, -0.2) is 36.2 Å². The molecule has 0 bridgehead atoms. The van der Waals surface area contributed by atoms with Crippen molar-refractivity contribution < 1.29 is 17.9 Å². The number of hydrogen-bond donors (Lipinski definition) is 2. The highest BCUT2D eigenvalue weighted by Crippen LogP contribution is 2.30. The normalized spacial score (nSPS) is 13.0. The van der Waals surface area contributed by atoms with Crippen molar-refractivity contribution in [1.82, 2.24) is 14.8 Å². The number of carbonyl (C=O) groups is 1. The number of anilines is 2. The summed E-state index contributed by atoms with van der Waals surface area (Å²) in [5, 5.41) is 7.06. The third-order valence-electron chi connectivity index (χ3n) is 5.61. The molecule has 0 aliphatic heterocycles. The molecule has 1 aliphatic rings. The van der Waals surface area contributed by atoms with E-state index in [1.54, 1.807) is 4.68 Å². The van der Waals surface area contributed by atoms with Gasteiger partial charge in [0.1, 0.15) is 0 Å². The first kappa shape index (κ1) is 21.8. The Hall–Kier alpha value is -3.40. The Morgan fingerprint density at radius 3 is 2.59 bits per heavy atom. The van der Waals surface area contributed by atoms with Gasteiger partial charge >= 0.3 is 0 Å². The van der Waals surface area contributed by atoms with Crippen LogP contribution < -0.4 is 14.8 Å². The summed E-state index contributed by atoms with van der Waals surface area (Å²) in [5.74, 6) is -0.470. The number of amides is 1. The molecule has 1 aliphatic carbocycles. The van der Waals surface area contributed by atoms with Gasteiger partial charge in [-0.1, -0.05) is 18.2 Å². The van der Waals surface area contributed by atoms with Crippen molar-refractivity contribution in [3.63, 3.8) is 0 Å². The average Bonchev–Trinajstić information content (AvgIpc) is 3.35. The van der Waals surface area contributed by atoms with Gasteiger partial charge in [0.2, 0.25) is 5.88 Å². The largest absolute Gasteiger partial charge is 0.480 e. The fourth-order valence-electron chi connectivity index (χ4n) is 3.99. The number of methoxy groups -OCH3 is 1. The number of carbonyl (C=O) groups excluding carboxylic acids is 1. The molecule has 1 amide bonds. The molecule has 3 aromatic rings. The number of sulfonamides is 1. The lowest BCUT2D eigenvalue weighted by Crippen LogP contribution is -2.18. The number of aromatic nitrogens is 3. The van der Waals surface area contributed by atoms with Gasteiger partial charge in [-0.15, -0.1) is 0 Å². The van der Waals surface area contributed by atoms with Crippen LogP contribution in [0.2, 0.25) is 0 Å². The highest BCUT2D eigenvalue weighted by Gasteiger charge is 2.27. The summed E-state index contributed by atoms with van der Waals surface area (Å²) in [5.41, 5.74) is 4.65. The Labute approximate surface area is 186 Å². The molecule has 2 aromatic heterocycles. The van der Waals surface area contributed by atoms with Crippen LogP contribution in [-0.2, 0) is 29.9 Å². The monoisotopic (exact) mass is 455 g/mol. The fourth-order valence-corrected chi connectivity index (χ4v) is 5.34. The van der Waals surface area contributed by atoms with Crippen LogP contribution in [0.3, 0.4) is 0 Å². The number of nitrogens with zero attached hydrogens (tertiary/aromatic N) is 3. The van der Waals surface area contributed by atoms with Gasteiger partial charge in [-0.05, 0) is 50.3 Å². The molecular weight excluding hydrogens is 430 g/mol. The number of hydrogen-bond acceptors (Lipinski definition) is 6. The lowest BCUT2D eigenvalue weighted by atomic mass is 10.1. The third kappa shape index (κ3) is 3.93. The molecule has 2 heterocycles. The van der Waals surface area contributed by atoms with Crippen molar-refractivity contribution in [2.24, 2.45) is 7.05 Å². The zero-order valence-corrected chi connectivity index (χ0v) is 19.2. The fraction of sp³-hybridized carbons (Fsp3) is 0.318. The lowest BCUT2D eigenvalue weighted by Gasteiger charge is -2.15. The van der Waals surface area contributed by atoms with Gasteiger partial charge in [-0.3, -0.25) is 14.2 Å². The first-order chi connectivity index (χ1) is 15.2. The number of rotatable bonds is 6. The summed E-state index contributed by atoms with van der Waals surface area (Å²) in [7, 11) is -0.876. The third-order valence-corrected chi connectivity index (χ3v) is 6.95. The van der Waals surface area contributed by atoms with Gasteiger partial charge in [-0.2, -0.15) is 5.10 Å². The van der Waals surface area contributed by atoms with Crippen LogP contribution in [0, 0.1) is 13.8 Å². The molecule has 168 valence electrons. The first-order valence-corrected chi connectivity index (χ1v) is 11.7. The van der Waals surface area contributed by atoms with Crippen molar-refractivity contribution in [3.05, 3.63) is 58.5 Å². The highest BCUT2D eigenvalue weighted by atomic mass is 32.2. The summed E-state index contributed by atoms with van der Waals surface area (Å²) in [6.45, 7) is 3.64. The van der Waals surface area contributed by atoms with Crippen molar-refractivity contribution >= 4 is 27.3 Å². The minimum absolute atomic E-state index is 0.0690. The van der Waals surface area contributed by atoms with Crippen LogP contribution in [0.1, 0.15) is 39.3 Å². The predicted octanol–water partition coefficient (Wildman–Crippen LogP) is 2.98. The predicted molar refractivity (Wildman–Crippen MR) is 121 cm³/mol. The number of nitrogens with one attached hydrogen (secondary N) is 2. The number of pyridine rings is 1. The molecule has 0 radical (unpaired) electrons. The second-order valence-electron chi connectivity index (χ2n) is 7.81. The molecule has 32 heavy (non-hydrogen) atoms. The van der Waals surface area contributed by atoms with Crippen molar-refractivity contribution in [3.8, 4) is 5.88 Å². The van der Waals surface area contributed by atoms with Gasteiger partial charge in [0.25, 0.3) is 15.9 Å². The number of aryl methyl sites for hydroxylation is 3. The summed E-state index contributed by atoms with van der Waals surface area (Å²) in [6.07, 6.45) is 4.03. The molecule has 0 fully saturated rings. The van der Waals surface area contributed by atoms with Gasteiger partial charge in [-0.25, -0.2) is 13.4 Å². The van der Waals surface area contributed by atoms with Crippen molar-refractivity contribution in [1.29, 1.82) is 0 Å². The zero-order valence-electron chi connectivity index (χ0n) is 18.4. The van der Waals surface area contributed by atoms with E-state index in [1.807, 2.05) is 39.1 Å². The molecule has 9 nitrogen and oxygen atoms in total. The highest BCUT2D eigenvalue weighted by molar-refractivity contribution is 7.92. The zero-order chi connectivity index (χ0) is 23.0. The average molecular weight is 456 g/mol. The molecule has 0 unspecified atom stereocenters. The SMILES string of the molecule is COc1ncc(NC(=O)c2nn(C)c3c2CCC3)cc1S(=O)(=O)Nc1c(C)cccc1C. The maximum absolute atomic E-state index is 13.2. The molecule has 0 saturated carbocycles. The van der Waals surface area contributed by atoms with Gasteiger partial charge in [0.05, 0.1) is 24.7 Å². The first-order valence-electron chi connectivity index (χ1n) is 10.2. The molecular formula is C22H25N5O4S. The minimum Gasteiger partial charge on any atom is -0.480 e. The Morgan fingerprint density at radius 1 is 1.19 bits per heavy atom. The van der Waals surface area contributed by atoms with Crippen molar-refractivity contribution in [2.75, 3.05) is 17.1 Å². The molecule has 0 saturated heterocycles. The second-order valence-corrected chi connectivity index (χ2v) is 9.46. The summed E-state index contributed by atoms with van der Waals surface area (Å²) in [4.78, 5) is 16.8. The number of para-hydroxylation sites is 1. The quantitative estimate of drug-likeness (QED) is 0.590. The van der Waals surface area contributed by atoms with E-state index in [4.69, 9.17) is 4.74 Å². The van der Waals surface area contributed by atoms with E-state index in [2.05, 4.69) is 20.1 Å². The van der Waals surface area contributed by atoms with Crippen LogP contribution in [0.15, 0.2) is 35.4 Å². The number of benzene rings is 1. The van der Waals surface area contributed by atoms with Crippen LogP contribution in [0.4, 0.5) is 11.4 Å². The summed E-state index contributed by atoms with van der Waals surface area (Å²) >= 11 is 0. The summed E-state index contributed by atoms with van der Waals surface area (Å²) < 4.78 is 35.9. The van der Waals surface area contributed by atoms with E-state index >= 15 is 0 Å². The topological polar surface area (TPSA) is 115 Å². The Balaban J connectivity index is 1.66. The Kier molecular flexibility index (Phi) is 5.64. The van der Waals surface area contributed by atoms with E-state index in [9.17, 15) is 13.2 Å². The van der Waals surface area contributed by atoms with E-state index in [-0.39, 0.29) is 16.5 Å². The van der Waals surface area contributed by atoms with E-state index in [0.717, 1.165) is 41.6 Å². The van der Waals surface area contributed by atoms with Crippen LogP contribution in [0.5, 0.6) is 5.88 Å². The van der Waals surface area contributed by atoms with Gasteiger partial charge in [0, 0.05) is 18.3 Å². The van der Waals surface area contributed by atoms with Gasteiger partial charge in [0.15, 0.2) is 10.6 Å². The standard InChI is InChI=1S/C22H25N5O4S/c1-13-7-5-8-14(2)19(13)26-32(29,30)18-11-15(12-23-22(18)31-4)24-21(28)20-16-9-6-10-17(16)27(3)25-20/h5,7-8,11-12,26H,6,9-10H2,1-4H3,(H,24,28). The van der Waals surface area contributed by atoms with Crippen LogP contribution in [0.25, 0.3) is 0 Å². The Bertz CT molecular complexity index is 1290. The maximum atomic E-state index is 13.2.